The Hall–Kier alpha value is -1.72. The third-order valence-electron chi connectivity index (χ3n) is 2.76. The second-order valence-corrected chi connectivity index (χ2v) is 6.49. The second kappa shape index (κ2) is 4.75. The molecule has 1 aromatic carbocycles. The molecule has 3 nitrogen and oxygen atoms in total. The third-order valence-corrected chi connectivity index (χ3v) is 4.54. The Labute approximate surface area is 119 Å². The summed E-state index contributed by atoms with van der Waals surface area (Å²) in [5, 5.41) is 13.3. The molecule has 0 aliphatic heterocycles. The molecule has 0 aliphatic carbocycles. The molecule has 1 N–H and O–H groups in total. The van der Waals surface area contributed by atoms with Crippen molar-refractivity contribution in [1.29, 1.82) is 0 Å². The van der Waals surface area contributed by atoms with Crippen LogP contribution < -0.4 is 0 Å². The number of aromatic nitrogens is 2. The van der Waals surface area contributed by atoms with Crippen LogP contribution >= 0.6 is 22.7 Å². The molecular weight excluding hydrogens is 276 g/mol. The molecule has 0 aliphatic rings. The minimum atomic E-state index is 0.270. The van der Waals surface area contributed by atoms with Gasteiger partial charge in [-0.05, 0) is 38.1 Å². The number of nitrogens with zero attached hydrogens (tertiary/aromatic N) is 2. The van der Waals surface area contributed by atoms with Crippen molar-refractivity contribution in [3.05, 3.63) is 39.5 Å². The van der Waals surface area contributed by atoms with Gasteiger partial charge in [-0.3, -0.25) is 0 Å². The highest BCUT2D eigenvalue weighted by atomic mass is 32.1. The number of phenolic OH excluding ortho intramolecular Hbond substituents is 1. The van der Waals surface area contributed by atoms with Crippen molar-refractivity contribution in [2.45, 2.75) is 13.8 Å². The first-order valence-corrected chi connectivity index (χ1v) is 7.52. The molecule has 0 radical (unpaired) electrons. The molecule has 2 aromatic heterocycles. The van der Waals surface area contributed by atoms with E-state index in [1.165, 1.54) is 4.88 Å². The van der Waals surface area contributed by atoms with E-state index < -0.39 is 0 Å². The van der Waals surface area contributed by atoms with Gasteiger partial charge < -0.3 is 5.11 Å². The zero-order chi connectivity index (χ0) is 13.4. The fourth-order valence-corrected chi connectivity index (χ4v) is 3.52. The lowest BCUT2D eigenvalue weighted by molar-refractivity contribution is 0.475. The van der Waals surface area contributed by atoms with Crippen molar-refractivity contribution in [3.8, 4) is 27.7 Å². The van der Waals surface area contributed by atoms with Crippen LogP contribution in [0.5, 0.6) is 5.75 Å². The molecule has 0 saturated carbocycles. The number of benzene rings is 1. The maximum absolute atomic E-state index is 9.30. The molecule has 3 rings (SSSR count). The van der Waals surface area contributed by atoms with Crippen LogP contribution in [0.2, 0.25) is 0 Å². The van der Waals surface area contributed by atoms with E-state index in [0.717, 1.165) is 27.0 Å². The summed E-state index contributed by atoms with van der Waals surface area (Å²) >= 11 is 3.28. The minimum absolute atomic E-state index is 0.270. The van der Waals surface area contributed by atoms with Crippen LogP contribution in [0.15, 0.2) is 29.6 Å². The van der Waals surface area contributed by atoms with E-state index in [4.69, 9.17) is 0 Å². The molecule has 0 saturated heterocycles. The van der Waals surface area contributed by atoms with Crippen LogP contribution in [0.25, 0.3) is 22.0 Å². The Kier molecular flexibility index (Phi) is 3.08. The number of rotatable bonds is 2. The molecule has 0 unspecified atom stereocenters. The van der Waals surface area contributed by atoms with Crippen molar-refractivity contribution in [1.82, 2.24) is 9.97 Å². The van der Waals surface area contributed by atoms with E-state index in [9.17, 15) is 5.11 Å². The standard InChI is InChI=1S/C14H12N2OS2/c1-8-13(15-9(2)19-8)12-7-18-14(16-12)10-3-5-11(17)6-4-10/h3-7,17H,1-2H3. The van der Waals surface area contributed by atoms with E-state index in [1.807, 2.05) is 24.4 Å². The first-order valence-electron chi connectivity index (χ1n) is 5.83. The first-order chi connectivity index (χ1) is 9.13. The largest absolute Gasteiger partial charge is 0.508 e. The molecule has 0 bridgehead atoms. The normalized spacial score (nSPS) is 10.8. The summed E-state index contributed by atoms with van der Waals surface area (Å²) < 4.78 is 0. The highest BCUT2D eigenvalue weighted by molar-refractivity contribution is 7.13. The lowest BCUT2D eigenvalue weighted by Gasteiger charge is -1.96. The summed E-state index contributed by atoms with van der Waals surface area (Å²) in [6.45, 7) is 4.08. The fraction of sp³-hybridized carbons (Fsp3) is 0.143. The number of aromatic hydroxyl groups is 1. The van der Waals surface area contributed by atoms with Crippen molar-refractivity contribution in [3.63, 3.8) is 0 Å². The summed E-state index contributed by atoms with van der Waals surface area (Å²) in [5.74, 6) is 0.270. The van der Waals surface area contributed by atoms with Gasteiger partial charge in [-0.15, -0.1) is 22.7 Å². The Morgan fingerprint density at radius 2 is 1.79 bits per heavy atom. The quantitative estimate of drug-likeness (QED) is 0.766. The highest BCUT2D eigenvalue weighted by Gasteiger charge is 2.12. The lowest BCUT2D eigenvalue weighted by atomic mass is 10.2. The molecule has 0 spiro atoms. The van der Waals surface area contributed by atoms with Crippen molar-refractivity contribution in [2.24, 2.45) is 0 Å². The van der Waals surface area contributed by atoms with E-state index >= 15 is 0 Å². The molecule has 0 amide bonds. The van der Waals surface area contributed by atoms with E-state index in [1.54, 1.807) is 34.8 Å². The Balaban J connectivity index is 1.99. The monoisotopic (exact) mass is 288 g/mol. The summed E-state index contributed by atoms with van der Waals surface area (Å²) in [6.07, 6.45) is 0. The number of phenols is 1. The minimum Gasteiger partial charge on any atom is -0.508 e. The summed E-state index contributed by atoms with van der Waals surface area (Å²) in [4.78, 5) is 10.4. The predicted molar refractivity (Wildman–Crippen MR) is 79.8 cm³/mol. The zero-order valence-electron chi connectivity index (χ0n) is 10.5. The molecule has 0 atom stereocenters. The number of hydrogen-bond acceptors (Lipinski definition) is 5. The molecule has 19 heavy (non-hydrogen) atoms. The Bertz CT molecular complexity index is 713. The second-order valence-electron chi connectivity index (χ2n) is 4.22. The maximum atomic E-state index is 9.30. The van der Waals surface area contributed by atoms with Gasteiger partial charge in [-0.25, -0.2) is 9.97 Å². The van der Waals surface area contributed by atoms with Crippen LogP contribution in [0.1, 0.15) is 9.88 Å². The average Bonchev–Trinajstić information content (AvgIpc) is 2.97. The molecule has 0 fully saturated rings. The first kappa shape index (κ1) is 12.3. The Morgan fingerprint density at radius 3 is 2.42 bits per heavy atom. The van der Waals surface area contributed by atoms with Crippen LogP contribution in [-0.4, -0.2) is 15.1 Å². The molecular formula is C14H12N2OS2. The number of aryl methyl sites for hydroxylation is 2. The molecule has 2 heterocycles. The van der Waals surface area contributed by atoms with Gasteiger partial charge >= 0.3 is 0 Å². The van der Waals surface area contributed by atoms with Gasteiger partial charge in [0.15, 0.2) is 0 Å². The Morgan fingerprint density at radius 1 is 1.05 bits per heavy atom. The van der Waals surface area contributed by atoms with E-state index in [-0.39, 0.29) is 5.75 Å². The topological polar surface area (TPSA) is 46.0 Å². The van der Waals surface area contributed by atoms with Gasteiger partial charge in [0, 0.05) is 15.8 Å². The smallest absolute Gasteiger partial charge is 0.124 e. The number of hydrogen-bond donors (Lipinski definition) is 1. The van der Waals surface area contributed by atoms with Crippen molar-refractivity contribution in [2.75, 3.05) is 0 Å². The fourth-order valence-electron chi connectivity index (χ4n) is 1.89. The summed E-state index contributed by atoms with van der Waals surface area (Å²) in [5.41, 5.74) is 2.91. The highest BCUT2D eigenvalue weighted by Crippen LogP contribution is 2.32. The van der Waals surface area contributed by atoms with E-state index in [0.29, 0.717) is 0 Å². The van der Waals surface area contributed by atoms with Gasteiger partial charge in [0.05, 0.1) is 5.01 Å². The van der Waals surface area contributed by atoms with Crippen LogP contribution in [0, 0.1) is 13.8 Å². The van der Waals surface area contributed by atoms with E-state index in [2.05, 4.69) is 16.9 Å². The van der Waals surface area contributed by atoms with Crippen LogP contribution in [-0.2, 0) is 0 Å². The average molecular weight is 288 g/mol. The molecule has 3 aromatic rings. The third kappa shape index (κ3) is 2.39. The van der Waals surface area contributed by atoms with Gasteiger partial charge in [0.25, 0.3) is 0 Å². The van der Waals surface area contributed by atoms with Crippen molar-refractivity contribution < 1.29 is 5.11 Å². The van der Waals surface area contributed by atoms with Gasteiger partial charge in [-0.2, -0.15) is 0 Å². The maximum Gasteiger partial charge on any atom is 0.124 e. The molecule has 96 valence electrons. The van der Waals surface area contributed by atoms with Gasteiger partial charge in [0.2, 0.25) is 0 Å². The zero-order valence-corrected chi connectivity index (χ0v) is 12.2. The SMILES string of the molecule is Cc1nc(-c2csc(-c3ccc(O)cc3)n2)c(C)s1. The van der Waals surface area contributed by atoms with Gasteiger partial charge in [0.1, 0.15) is 22.1 Å². The van der Waals surface area contributed by atoms with Crippen LogP contribution in [0.4, 0.5) is 0 Å². The summed E-state index contributed by atoms with van der Waals surface area (Å²) in [7, 11) is 0. The van der Waals surface area contributed by atoms with Gasteiger partial charge in [-0.1, -0.05) is 0 Å². The van der Waals surface area contributed by atoms with Crippen LogP contribution in [0.3, 0.4) is 0 Å². The number of thiazole rings is 2. The summed E-state index contributed by atoms with van der Waals surface area (Å²) in [6, 6.07) is 7.09. The predicted octanol–water partition coefficient (Wildman–Crippen LogP) is 4.26. The molecule has 5 heteroatoms. The van der Waals surface area contributed by atoms with Crippen molar-refractivity contribution >= 4 is 22.7 Å². The lowest BCUT2D eigenvalue weighted by Crippen LogP contribution is -1.82.